The molecule has 244 valence electrons. The first-order valence-electron chi connectivity index (χ1n) is 15.2. The van der Waals surface area contributed by atoms with Crippen LogP contribution in [0.15, 0.2) is 60.7 Å². The van der Waals surface area contributed by atoms with Gasteiger partial charge in [0.05, 0.1) is 19.8 Å². The number of fused-ring (bicyclic) bond motifs is 1. The number of hydrogen-bond acceptors (Lipinski definition) is 9. The van der Waals surface area contributed by atoms with Crippen molar-refractivity contribution in [3.8, 4) is 17.8 Å². The first-order chi connectivity index (χ1) is 21.1. The Morgan fingerprint density at radius 2 is 1.53 bits per heavy atom. The Labute approximate surface area is 277 Å². The third-order valence-corrected chi connectivity index (χ3v) is 9.06. The Hall–Kier alpha value is -3.15. The Bertz CT molecular complexity index is 1350. The van der Waals surface area contributed by atoms with Crippen LogP contribution in [0.3, 0.4) is 0 Å². The Kier molecular flexibility index (Phi) is 12.3. The van der Waals surface area contributed by atoms with Crippen molar-refractivity contribution in [3.63, 3.8) is 0 Å². The van der Waals surface area contributed by atoms with Crippen molar-refractivity contribution >= 4 is 30.7 Å². The molecule has 3 heterocycles. The SMILES string of the molecule is COc1nc(OC)c(CN2C[C@@H]3CN(C(=O)CO)CCN3[C@H](C(c3ccccc3)c3ccccc3)C2)c(OC2CCC2)n1.Cl.Cl. The molecule has 0 unspecified atom stereocenters. The number of piperazine rings is 2. The van der Waals surface area contributed by atoms with Crippen LogP contribution in [0, 0.1) is 0 Å². The highest BCUT2D eigenvalue weighted by Crippen LogP contribution is 2.38. The third-order valence-electron chi connectivity index (χ3n) is 9.06. The number of aliphatic hydroxyl groups excluding tert-OH is 1. The summed E-state index contributed by atoms with van der Waals surface area (Å²) in [4.78, 5) is 28.5. The van der Waals surface area contributed by atoms with E-state index in [-0.39, 0.29) is 60.8 Å². The van der Waals surface area contributed by atoms with E-state index < -0.39 is 6.61 Å². The zero-order valence-corrected chi connectivity index (χ0v) is 27.4. The van der Waals surface area contributed by atoms with Crippen molar-refractivity contribution in [2.45, 2.75) is 49.9 Å². The first-order valence-corrected chi connectivity index (χ1v) is 15.2. The van der Waals surface area contributed by atoms with Gasteiger partial charge < -0.3 is 24.2 Å². The number of benzene rings is 2. The maximum atomic E-state index is 12.6. The molecular formula is C33H43Cl2N5O5. The Balaban J connectivity index is 0.00000230. The number of carbonyl (C=O) groups excluding carboxylic acids is 1. The Morgan fingerprint density at radius 1 is 0.889 bits per heavy atom. The van der Waals surface area contributed by atoms with E-state index in [1.54, 1.807) is 19.1 Å². The number of amides is 1. The van der Waals surface area contributed by atoms with E-state index in [4.69, 9.17) is 14.2 Å². The molecule has 3 fully saturated rings. The van der Waals surface area contributed by atoms with Gasteiger partial charge in [-0.25, -0.2) is 0 Å². The molecule has 1 aliphatic carbocycles. The minimum absolute atomic E-state index is 0. The zero-order chi connectivity index (χ0) is 29.8. The second-order valence-corrected chi connectivity index (χ2v) is 11.6. The van der Waals surface area contributed by atoms with Crippen LogP contribution in [0.25, 0.3) is 0 Å². The van der Waals surface area contributed by atoms with Gasteiger partial charge in [-0.05, 0) is 30.4 Å². The normalized spacial score (nSPS) is 20.3. The number of hydrogen-bond donors (Lipinski definition) is 1. The molecule has 0 radical (unpaired) electrons. The number of carbonyl (C=O) groups is 1. The summed E-state index contributed by atoms with van der Waals surface area (Å²) in [6.45, 7) is 3.48. The summed E-state index contributed by atoms with van der Waals surface area (Å²) in [7, 11) is 3.15. The molecule has 6 rings (SSSR count). The van der Waals surface area contributed by atoms with E-state index in [1.165, 1.54) is 11.1 Å². The molecule has 2 atom stereocenters. The highest BCUT2D eigenvalue weighted by Gasteiger charge is 2.43. The van der Waals surface area contributed by atoms with Crippen LogP contribution >= 0.6 is 24.8 Å². The maximum absolute atomic E-state index is 12.6. The van der Waals surface area contributed by atoms with E-state index in [0.29, 0.717) is 31.4 Å². The fourth-order valence-corrected chi connectivity index (χ4v) is 6.71. The van der Waals surface area contributed by atoms with Gasteiger partial charge in [0.1, 0.15) is 12.7 Å². The lowest BCUT2D eigenvalue weighted by Crippen LogP contribution is -2.67. The summed E-state index contributed by atoms with van der Waals surface area (Å²) in [5.74, 6) is 0.851. The number of aromatic nitrogens is 2. The van der Waals surface area contributed by atoms with Crippen molar-refractivity contribution in [1.82, 2.24) is 24.7 Å². The second kappa shape index (κ2) is 15.9. The van der Waals surface area contributed by atoms with Crippen LogP contribution in [0.1, 0.15) is 41.9 Å². The van der Waals surface area contributed by atoms with Crippen molar-refractivity contribution in [2.75, 3.05) is 53.6 Å². The minimum atomic E-state index is -0.473. The van der Waals surface area contributed by atoms with E-state index in [0.717, 1.165) is 44.5 Å². The lowest BCUT2D eigenvalue weighted by molar-refractivity contribution is -0.139. The van der Waals surface area contributed by atoms with Crippen LogP contribution in [0.2, 0.25) is 0 Å². The van der Waals surface area contributed by atoms with E-state index in [2.05, 4.69) is 80.4 Å². The molecule has 0 bridgehead atoms. The standard InChI is InChI=1S/C33H41N5O5.2ClH/c1-41-31-27(32(35-33(34-31)42-2)43-26-14-9-15-26)20-36-18-25-19-37(29(40)22-39)16-17-38(25)28(21-36)30(23-10-5-3-6-11-23)24-12-7-4-8-13-24;;/h3-8,10-13,25-26,28,30,39H,9,14-22H2,1-2H3;2*1H/t25-,28+;;/m1../s1. The lowest BCUT2D eigenvalue weighted by Gasteiger charge is -2.53. The number of ether oxygens (including phenoxy) is 3. The highest BCUT2D eigenvalue weighted by molar-refractivity contribution is 5.85. The molecule has 3 aromatic rings. The highest BCUT2D eigenvalue weighted by atomic mass is 35.5. The van der Waals surface area contributed by atoms with Gasteiger partial charge in [0.2, 0.25) is 17.7 Å². The molecule has 2 saturated heterocycles. The topological polar surface area (TPSA) is 100 Å². The number of halogens is 2. The Morgan fingerprint density at radius 3 is 2.09 bits per heavy atom. The van der Waals surface area contributed by atoms with Gasteiger partial charge in [-0.1, -0.05) is 60.7 Å². The molecule has 1 N–H and O–H groups in total. The van der Waals surface area contributed by atoms with E-state index in [1.807, 2.05) is 0 Å². The first kappa shape index (κ1) is 34.7. The molecule has 45 heavy (non-hydrogen) atoms. The quantitative estimate of drug-likeness (QED) is 0.348. The molecular weight excluding hydrogens is 617 g/mol. The summed E-state index contributed by atoms with van der Waals surface area (Å²) in [6.07, 6.45) is 3.28. The zero-order valence-electron chi connectivity index (χ0n) is 25.8. The number of nitrogens with zero attached hydrogens (tertiary/aromatic N) is 5. The summed E-state index contributed by atoms with van der Waals surface area (Å²) >= 11 is 0. The fourth-order valence-electron chi connectivity index (χ4n) is 6.71. The number of aliphatic hydroxyl groups is 1. The average molecular weight is 661 g/mol. The molecule has 10 nitrogen and oxygen atoms in total. The van der Waals surface area contributed by atoms with Crippen LogP contribution < -0.4 is 14.2 Å². The van der Waals surface area contributed by atoms with Crippen molar-refractivity contribution < 1.29 is 24.1 Å². The largest absolute Gasteiger partial charge is 0.481 e. The van der Waals surface area contributed by atoms with Gasteiger partial charge in [0, 0.05) is 57.3 Å². The summed E-state index contributed by atoms with van der Waals surface area (Å²) in [6, 6.07) is 21.8. The second-order valence-electron chi connectivity index (χ2n) is 11.6. The molecule has 2 aliphatic heterocycles. The number of methoxy groups -OCH3 is 2. The van der Waals surface area contributed by atoms with E-state index in [9.17, 15) is 9.90 Å². The maximum Gasteiger partial charge on any atom is 0.322 e. The predicted molar refractivity (Wildman–Crippen MR) is 176 cm³/mol. The van der Waals surface area contributed by atoms with Crippen molar-refractivity contribution in [1.29, 1.82) is 0 Å². The summed E-state index contributed by atoms with van der Waals surface area (Å²) in [5.41, 5.74) is 3.32. The predicted octanol–water partition coefficient (Wildman–Crippen LogP) is 3.79. The van der Waals surface area contributed by atoms with Gasteiger partial charge in [-0.3, -0.25) is 14.6 Å². The third kappa shape index (κ3) is 7.64. The van der Waals surface area contributed by atoms with Crippen LogP contribution in [0.5, 0.6) is 17.8 Å². The number of rotatable bonds is 10. The molecule has 0 spiro atoms. The van der Waals surface area contributed by atoms with Crippen LogP contribution in [-0.4, -0.2) is 107 Å². The average Bonchev–Trinajstić information content (AvgIpc) is 3.03. The molecule has 12 heteroatoms. The van der Waals surface area contributed by atoms with Gasteiger partial charge >= 0.3 is 6.01 Å². The molecule has 1 amide bonds. The van der Waals surface area contributed by atoms with Crippen molar-refractivity contribution in [2.24, 2.45) is 0 Å². The van der Waals surface area contributed by atoms with Crippen LogP contribution in [-0.2, 0) is 11.3 Å². The summed E-state index contributed by atoms with van der Waals surface area (Å²) in [5, 5.41) is 9.63. The van der Waals surface area contributed by atoms with Gasteiger partial charge in [0.25, 0.3) is 0 Å². The molecule has 1 aromatic heterocycles. The van der Waals surface area contributed by atoms with Gasteiger partial charge in [0.15, 0.2) is 0 Å². The van der Waals surface area contributed by atoms with E-state index >= 15 is 0 Å². The fraction of sp³-hybridized carbons (Fsp3) is 0.485. The molecule has 2 aromatic carbocycles. The lowest BCUT2D eigenvalue weighted by atomic mass is 9.81. The smallest absolute Gasteiger partial charge is 0.322 e. The van der Waals surface area contributed by atoms with Gasteiger partial charge in [-0.2, -0.15) is 9.97 Å². The monoisotopic (exact) mass is 659 g/mol. The molecule has 3 aliphatic rings. The minimum Gasteiger partial charge on any atom is -0.481 e. The van der Waals surface area contributed by atoms with Gasteiger partial charge in [-0.15, -0.1) is 24.8 Å². The molecule has 1 saturated carbocycles. The van der Waals surface area contributed by atoms with Crippen LogP contribution in [0.4, 0.5) is 0 Å². The van der Waals surface area contributed by atoms with Crippen molar-refractivity contribution in [3.05, 3.63) is 77.4 Å². The summed E-state index contributed by atoms with van der Waals surface area (Å²) < 4.78 is 17.5.